The van der Waals surface area contributed by atoms with Gasteiger partial charge in [-0.15, -0.1) is 0 Å². The summed E-state index contributed by atoms with van der Waals surface area (Å²) in [5, 5.41) is 3.29. The lowest BCUT2D eigenvalue weighted by molar-refractivity contribution is 0.409. The minimum Gasteiger partial charge on any atom is -0.496 e. The van der Waals surface area contributed by atoms with Crippen molar-refractivity contribution in [2.45, 2.75) is 38.5 Å². The van der Waals surface area contributed by atoms with E-state index in [4.69, 9.17) is 10.5 Å². The van der Waals surface area contributed by atoms with Crippen molar-refractivity contribution in [1.82, 2.24) is 5.32 Å². The SMILES string of the molecule is CCNCCc1ccccc1OC.NCCC(c1ccccc1)C1C=CC=CCC1. The van der Waals surface area contributed by atoms with Crippen LogP contribution in [-0.2, 0) is 6.42 Å². The van der Waals surface area contributed by atoms with Gasteiger partial charge in [0.1, 0.15) is 5.75 Å². The number of allylic oxidation sites excluding steroid dienone is 4. The van der Waals surface area contributed by atoms with Gasteiger partial charge in [-0.3, -0.25) is 0 Å². The Kier molecular flexibility index (Phi) is 11.6. The van der Waals surface area contributed by atoms with Gasteiger partial charge in [0.25, 0.3) is 0 Å². The first-order valence-electron chi connectivity index (χ1n) is 11.2. The molecule has 3 rings (SSSR count). The van der Waals surface area contributed by atoms with E-state index >= 15 is 0 Å². The fourth-order valence-corrected chi connectivity index (χ4v) is 3.92. The van der Waals surface area contributed by atoms with Crippen molar-refractivity contribution in [2.75, 3.05) is 26.7 Å². The molecule has 30 heavy (non-hydrogen) atoms. The van der Waals surface area contributed by atoms with Crippen LogP contribution in [-0.4, -0.2) is 26.7 Å². The largest absolute Gasteiger partial charge is 0.496 e. The predicted molar refractivity (Wildman–Crippen MR) is 129 cm³/mol. The lowest BCUT2D eigenvalue weighted by atomic mass is 9.81. The van der Waals surface area contributed by atoms with E-state index in [-0.39, 0.29) is 0 Å². The zero-order chi connectivity index (χ0) is 21.4. The molecular formula is C27H38N2O. The van der Waals surface area contributed by atoms with Crippen molar-refractivity contribution in [3.8, 4) is 5.75 Å². The van der Waals surface area contributed by atoms with E-state index in [1.807, 2.05) is 18.2 Å². The second kappa shape index (κ2) is 14.6. The van der Waals surface area contributed by atoms with Crippen molar-refractivity contribution < 1.29 is 4.74 Å². The summed E-state index contributed by atoms with van der Waals surface area (Å²) in [4.78, 5) is 0. The van der Waals surface area contributed by atoms with Crippen LogP contribution in [0.4, 0.5) is 0 Å². The quantitative estimate of drug-likeness (QED) is 0.541. The van der Waals surface area contributed by atoms with E-state index in [0.717, 1.165) is 38.2 Å². The summed E-state index contributed by atoms with van der Waals surface area (Å²) in [5.41, 5.74) is 8.47. The van der Waals surface area contributed by atoms with Crippen LogP contribution in [0.2, 0.25) is 0 Å². The van der Waals surface area contributed by atoms with E-state index in [1.54, 1.807) is 7.11 Å². The minimum atomic E-state index is 0.567. The van der Waals surface area contributed by atoms with Crippen molar-refractivity contribution in [3.63, 3.8) is 0 Å². The Morgan fingerprint density at radius 1 is 1.07 bits per heavy atom. The molecule has 0 fully saturated rings. The first kappa shape index (κ1) is 23.9. The highest BCUT2D eigenvalue weighted by atomic mass is 16.5. The van der Waals surface area contributed by atoms with Gasteiger partial charge in [-0.1, -0.05) is 79.8 Å². The molecular weight excluding hydrogens is 368 g/mol. The third kappa shape index (κ3) is 8.17. The maximum atomic E-state index is 5.77. The highest BCUT2D eigenvalue weighted by Gasteiger charge is 2.20. The zero-order valence-electron chi connectivity index (χ0n) is 18.6. The Hall–Kier alpha value is -2.36. The molecule has 3 nitrogen and oxygen atoms in total. The Balaban J connectivity index is 0.000000222. The summed E-state index contributed by atoms with van der Waals surface area (Å²) in [7, 11) is 1.71. The van der Waals surface area contributed by atoms with Crippen molar-refractivity contribution in [2.24, 2.45) is 11.7 Å². The minimum absolute atomic E-state index is 0.567. The lowest BCUT2D eigenvalue weighted by Gasteiger charge is -2.24. The maximum absolute atomic E-state index is 5.77. The van der Waals surface area contributed by atoms with Gasteiger partial charge in [0.15, 0.2) is 0 Å². The molecule has 2 unspecified atom stereocenters. The third-order valence-corrected chi connectivity index (χ3v) is 5.51. The molecule has 0 saturated heterocycles. The summed E-state index contributed by atoms with van der Waals surface area (Å²) in [6.07, 6.45) is 13.4. The van der Waals surface area contributed by atoms with Crippen LogP contribution in [0.1, 0.15) is 43.2 Å². The number of benzene rings is 2. The van der Waals surface area contributed by atoms with Gasteiger partial charge in [-0.2, -0.15) is 0 Å². The smallest absolute Gasteiger partial charge is 0.122 e. The number of para-hydroxylation sites is 1. The van der Waals surface area contributed by atoms with Crippen molar-refractivity contribution >= 4 is 0 Å². The Morgan fingerprint density at radius 3 is 2.57 bits per heavy atom. The molecule has 3 heteroatoms. The van der Waals surface area contributed by atoms with Gasteiger partial charge in [0, 0.05) is 0 Å². The average molecular weight is 407 g/mol. The summed E-state index contributed by atoms with van der Waals surface area (Å²) in [5.74, 6) is 2.17. The van der Waals surface area contributed by atoms with E-state index in [0.29, 0.717) is 11.8 Å². The van der Waals surface area contributed by atoms with Gasteiger partial charge < -0.3 is 15.8 Å². The number of likely N-dealkylation sites (N-methyl/N-ethyl adjacent to an activating group) is 1. The standard InChI is InChI=1S/C16H21N.C11H17NO/c17-13-12-16(15-10-6-3-7-11-15)14-8-4-1-2-5-9-14;1-3-12-9-8-10-6-4-5-7-11(10)13-2/h1-4,6-8,10-11,14,16H,5,9,12-13,17H2;4-7,12H,3,8-9H2,1-2H3. The molecule has 3 N–H and O–H groups in total. The number of hydrogen-bond donors (Lipinski definition) is 2. The highest BCUT2D eigenvalue weighted by Crippen LogP contribution is 2.33. The Morgan fingerprint density at radius 2 is 1.83 bits per heavy atom. The average Bonchev–Trinajstić information content (AvgIpc) is 3.08. The van der Waals surface area contributed by atoms with Crippen LogP contribution in [0, 0.1) is 5.92 Å². The van der Waals surface area contributed by atoms with E-state index in [9.17, 15) is 0 Å². The maximum Gasteiger partial charge on any atom is 0.122 e. The molecule has 0 aliphatic heterocycles. The molecule has 0 saturated carbocycles. The zero-order valence-corrected chi connectivity index (χ0v) is 18.6. The van der Waals surface area contributed by atoms with Crippen molar-refractivity contribution in [1.29, 1.82) is 0 Å². The van der Waals surface area contributed by atoms with Gasteiger partial charge in [-0.05, 0) is 74.3 Å². The molecule has 0 spiro atoms. The topological polar surface area (TPSA) is 47.3 Å². The van der Waals surface area contributed by atoms with Crippen LogP contribution in [0.15, 0.2) is 78.9 Å². The molecule has 0 heterocycles. The van der Waals surface area contributed by atoms with E-state index in [2.05, 4.69) is 72.9 Å². The molecule has 1 aliphatic carbocycles. The van der Waals surface area contributed by atoms with Crippen molar-refractivity contribution in [3.05, 3.63) is 90.0 Å². The van der Waals surface area contributed by atoms with Gasteiger partial charge in [-0.25, -0.2) is 0 Å². The summed E-state index contributed by atoms with van der Waals surface area (Å²) in [6, 6.07) is 18.9. The van der Waals surface area contributed by atoms with Crippen LogP contribution in [0.25, 0.3) is 0 Å². The monoisotopic (exact) mass is 406 g/mol. The summed E-state index contributed by atoms with van der Waals surface area (Å²) < 4.78 is 5.25. The normalized spacial score (nSPS) is 16.3. The molecule has 0 radical (unpaired) electrons. The number of ether oxygens (including phenoxy) is 1. The number of nitrogens with one attached hydrogen (secondary N) is 1. The molecule has 1 aliphatic rings. The van der Waals surface area contributed by atoms with Gasteiger partial charge in [0.05, 0.1) is 7.11 Å². The molecule has 162 valence electrons. The summed E-state index contributed by atoms with van der Waals surface area (Å²) >= 11 is 0. The molecule has 2 atom stereocenters. The number of nitrogens with two attached hydrogens (primary N) is 1. The fraction of sp³-hybridized carbons (Fsp3) is 0.407. The lowest BCUT2D eigenvalue weighted by Crippen LogP contribution is -2.16. The molecule has 0 bridgehead atoms. The van der Waals surface area contributed by atoms with Crippen LogP contribution in [0.5, 0.6) is 5.75 Å². The van der Waals surface area contributed by atoms with Crippen LogP contribution < -0.4 is 15.8 Å². The first-order chi connectivity index (χ1) is 14.8. The molecule has 2 aromatic rings. The fourth-order valence-electron chi connectivity index (χ4n) is 3.92. The number of methoxy groups -OCH3 is 1. The first-order valence-corrected chi connectivity index (χ1v) is 11.2. The van der Waals surface area contributed by atoms with E-state index < -0.39 is 0 Å². The van der Waals surface area contributed by atoms with Crippen LogP contribution in [0.3, 0.4) is 0 Å². The second-order valence-corrected chi connectivity index (χ2v) is 7.56. The van der Waals surface area contributed by atoms with E-state index in [1.165, 1.54) is 24.0 Å². The Bertz CT molecular complexity index is 754. The Labute approximate surface area is 183 Å². The molecule has 0 aromatic heterocycles. The van der Waals surface area contributed by atoms with Crippen LogP contribution >= 0.6 is 0 Å². The van der Waals surface area contributed by atoms with Gasteiger partial charge in [0.2, 0.25) is 0 Å². The summed E-state index contributed by atoms with van der Waals surface area (Å²) in [6.45, 7) is 4.91. The third-order valence-electron chi connectivity index (χ3n) is 5.51. The van der Waals surface area contributed by atoms with Gasteiger partial charge >= 0.3 is 0 Å². The predicted octanol–water partition coefficient (Wildman–Crippen LogP) is 5.49. The number of hydrogen-bond acceptors (Lipinski definition) is 3. The second-order valence-electron chi connectivity index (χ2n) is 7.56. The molecule has 0 amide bonds. The number of rotatable bonds is 9. The highest BCUT2D eigenvalue weighted by molar-refractivity contribution is 5.33. The molecule has 2 aromatic carbocycles.